The van der Waals surface area contributed by atoms with Gasteiger partial charge in [0.1, 0.15) is 5.60 Å². The van der Waals surface area contributed by atoms with Crippen molar-refractivity contribution in [1.82, 2.24) is 5.32 Å². The van der Waals surface area contributed by atoms with Crippen molar-refractivity contribution in [3.63, 3.8) is 0 Å². The summed E-state index contributed by atoms with van der Waals surface area (Å²) in [5.74, 6) is 0.212. The van der Waals surface area contributed by atoms with Gasteiger partial charge in [0.2, 0.25) is 5.91 Å². The van der Waals surface area contributed by atoms with Crippen LogP contribution in [0.4, 0.5) is 0 Å². The monoisotopic (exact) mass is 325 g/mol. The first kappa shape index (κ1) is 19.0. The summed E-state index contributed by atoms with van der Waals surface area (Å²) >= 11 is 6.06. The molecule has 1 atom stereocenters. The van der Waals surface area contributed by atoms with E-state index in [4.69, 9.17) is 16.3 Å². The number of benzene rings is 1. The molecular weight excluding hydrogens is 298 g/mol. The molecule has 0 aromatic heterocycles. The van der Waals surface area contributed by atoms with Gasteiger partial charge in [-0.05, 0) is 37.5 Å². The molecular formula is C18H28ClNO2. The Kier molecular flexibility index (Phi) is 7.91. The lowest BCUT2D eigenvalue weighted by Gasteiger charge is -2.30. The van der Waals surface area contributed by atoms with Gasteiger partial charge in [-0.1, -0.05) is 50.4 Å². The fourth-order valence-electron chi connectivity index (χ4n) is 2.61. The fraction of sp³-hybridized carbons (Fsp3) is 0.611. The van der Waals surface area contributed by atoms with Gasteiger partial charge < -0.3 is 10.1 Å². The largest absolute Gasteiger partial charge is 0.372 e. The van der Waals surface area contributed by atoms with Gasteiger partial charge >= 0.3 is 0 Å². The molecule has 0 aliphatic rings. The van der Waals surface area contributed by atoms with Crippen molar-refractivity contribution < 1.29 is 9.53 Å². The maximum atomic E-state index is 12.4. The maximum absolute atomic E-state index is 12.4. The molecule has 0 radical (unpaired) electrons. The first-order valence-electron chi connectivity index (χ1n) is 8.05. The minimum absolute atomic E-state index is 0.0930. The fourth-order valence-corrected chi connectivity index (χ4v) is 2.80. The summed E-state index contributed by atoms with van der Waals surface area (Å²) in [6.45, 7) is 6.63. The molecule has 1 N–H and O–H groups in total. The van der Waals surface area contributed by atoms with E-state index in [-0.39, 0.29) is 11.8 Å². The van der Waals surface area contributed by atoms with Crippen molar-refractivity contribution in [1.29, 1.82) is 0 Å². The number of carbonyl (C=O) groups excluding carboxylic acids is 1. The van der Waals surface area contributed by atoms with Crippen molar-refractivity contribution >= 4 is 17.5 Å². The Hall–Kier alpha value is -1.06. The van der Waals surface area contributed by atoms with Crippen LogP contribution in [0.1, 0.15) is 52.0 Å². The number of nitrogens with one attached hydrogen (secondary N) is 1. The number of amides is 1. The van der Waals surface area contributed by atoms with E-state index in [0.29, 0.717) is 11.6 Å². The van der Waals surface area contributed by atoms with E-state index in [0.717, 1.165) is 31.2 Å². The number of hydrogen-bond donors (Lipinski definition) is 1. The second-order valence-electron chi connectivity index (χ2n) is 5.94. The average molecular weight is 326 g/mol. The van der Waals surface area contributed by atoms with E-state index in [1.165, 1.54) is 0 Å². The number of halogens is 1. The molecule has 1 unspecified atom stereocenters. The van der Waals surface area contributed by atoms with Crippen molar-refractivity contribution in [2.75, 3.05) is 13.7 Å². The molecule has 22 heavy (non-hydrogen) atoms. The van der Waals surface area contributed by atoms with E-state index >= 15 is 0 Å². The second kappa shape index (κ2) is 9.16. The predicted octanol–water partition coefficient (Wildman–Crippen LogP) is 4.53. The van der Waals surface area contributed by atoms with Crippen LogP contribution >= 0.6 is 11.6 Å². The summed E-state index contributed by atoms with van der Waals surface area (Å²) in [6, 6.07) is 7.58. The van der Waals surface area contributed by atoms with Crippen LogP contribution in [-0.4, -0.2) is 19.6 Å². The Morgan fingerprint density at radius 3 is 2.45 bits per heavy atom. The van der Waals surface area contributed by atoms with Gasteiger partial charge in [0, 0.05) is 18.1 Å². The van der Waals surface area contributed by atoms with Crippen LogP contribution < -0.4 is 5.32 Å². The van der Waals surface area contributed by atoms with Gasteiger partial charge in [-0.25, -0.2) is 0 Å². The van der Waals surface area contributed by atoms with E-state index in [9.17, 15) is 4.79 Å². The van der Waals surface area contributed by atoms with E-state index in [1.807, 2.05) is 31.2 Å². The standard InChI is InChI=1S/C18H28ClNO2/c1-5-8-14(9-6-2)17(21)20-13-18(3,22-4)15-10-7-11-16(19)12-15/h7,10-12,14H,5-6,8-9,13H2,1-4H3,(H,20,21). The zero-order chi connectivity index (χ0) is 16.6. The van der Waals surface area contributed by atoms with Crippen LogP contribution in [0.25, 0.3) is 0 Å². The molecule has 0 saturated carbocycles. The van der Waals surface area contributed by atoms with E-state index < -0.39 is 5.60 Å². The SMILES string of the molecule is CCCC(CCC)C(=O)NCC(C)(OC)c1cccc(Cl)c1. The highest BCUT2D eigenvalue weighted by molar-refractivity contribution is 6.30. The molecule has 1 rings (SSSR count). The number of methoxy groups -OCH3 is 1. The van der Waals surface area contributed by atoms with Crippen molar-refractivity contribution in [3.05, 3.63) is 34.9 Å². The zero-order valence-electron chi connectivity index (χ0n) is 14.1. The maximum Gasteiger partial charge on any atom is 0.223 e. The molecule has 3 nitrogen and oxygen atoms in total. The summed E-state index contributed by atoms with van der Waals surface area (Å²) in [6.07, 6.45) is 3.91. The Labute approximate surface area is 139 Å². The van der Waals surface area contributed by atoms with Gasteiger partial charge in [-0.15, -0.1) is 0 Å². The molecule has 1 aromatic rings. The molecule has 1 aromatic carbocycles. The summed E-state index contributed by atoms with van der Waals surface area (Å²) in [5.41, 5.74) is 0.383. The van der Waals surface area contributed by atoms with Crippen LogP contribution in [0.5, 0.6) is 0 Å². The van der Waals surface area contributed by atoms with Gasteiger partial charge in [0.25, 0.3) is 0 Å². The summed E-state index contributed by atoms with van der Waals surface area (Å²) in [5, 5.41) is 3.72. The highest BCUT2D eigenvalue weighted by atomic mass is 35.5. The third-order valence-corrected chi connectivity index (χ3v) is 4.37. The third-order valence-electron chi connectivity index (χ3n) is 4.13. The molecule has 0 spiro atoms. The lowest BCUT2D eigenvalue weighted by Crippen LogP contribution is -2.42. The Bertz CT molecular complexity index is 472. The number of rotatable bonds is 9. The quantitative estimate of drug-likeness (QED) is 0.724. The topological polar surface area (TPSA) is 38.3 Å². The smallest absolute Gasteiger partial charge is 0.223 e. The van der Waals surface area contributed by atoms with Crippen LogP contribution in [0.15, 0.2) is 24.3 Å². The molecule has 0 aliphatic heterocycles. The van der Waals surface area contributed by atoms with E-state index in [1.54, 1.807) is 7.11 Å². The van der Waals surface area contributed by atoms with Gasteiger partial charge in [0.05, 0.1) is 6.54 Å². The first-order valence-corrected chi connectivity index (χ1v) is 8.43. The Morgan fingerprint density at radius 1 is 1.32 bits per heavy atom. The normalized spacial score (nSPS) is 13.9. The van der Waals surface area contributed by atoms with Crippen molar-refractivity contribution in [2.24, 2.45) is 5.92 Å². The molecule has 124 valence electrons. The molecule has 0 fully saturated rings. The molecule has 0 aliphatic carbocycles. The van der Waals surface area contributed by atoms with Crippen LogP contribution in [0, 0.1) is 5.92 Å². The summed E-state index contributed by atoms with van der Waals surface area (Å²) in [4.78, 5) is 12.4. The van der Waals surface area contributed by atoms with Gasteiger partial charge in [0.15, 0.2) is 0 Å². The van der Waals surface area contributed by atoms with Crippen LogP contribution in [0.2, 0.25) is 5.02 Å². The zero-order valence-corrected chi connectivity index (χ0v) is 14.9. The molecule has 1 amide bonds. The highest BCUT2D eigenvalue weighted by Gasteiger charge is 2.28. The number of carbonyl (C=O) groups is 1. The highest BCUT2D eigenvalue weighted by Crippen LogP contribution is 2.26. The van der Waals surface area contributed by atoms with Crippen molar-refractivity contribution in [2.45, 2.75) is 52.1 Å². The number of hydrogen-bond acceptors (Lipinski definition) is 2. The molecule has 0 bridgehead atoms. The van der Waals surface area contributed by atoms with E-state index in [2.05, 4.69) is 19.2 Å². The predicted molar refractivity (Wildman–Crippen MR) is 92.1 cm³/mol. The average Bonchev–Trinajstić information content (AvgIpc) is 2.52. The Morgan fingerprint density at radius 2 is 1.95 bits per heavy atom. The number of ether oxygens (including phenoxy) is 1. The minimum atomic E-state index is -0.580. The Balaban J connectivity index is 2.75. The van der Waals surface area contributed by atoms with Crippen LogP contribution in [-0.2, 0) is 15.1 Å². The summed E-state index contributed by atoms with van der Waals surface area (Å²) < 4.78 is 5.66. The minimum Gasteiger partial charge on any atom is -0.372 e. The first-order chi connectivity index (χ1) is 10.5. The molecule has 4 heteroatoms. The summed E-state index contributed by atoms with van der Waals surface area (Å²) in [7, 11) is 1.66. The van der Waals surface area contributed by atoms with Gasteiger partial charge in [-0.2, -0.15) is 0 Å². The molecule has 0 heterocycles. The third kappa shape index (κ3) is 5.29. The van der Waals surface area contributed by atoms with Crippen molar-refractivity contribution in [3.8, 4) is 0 Å². The lowest BCUT2D eigenvalue weighted by molar-refractivity contribution is -0.127. The molecule has 0 saturated heterocycles. The second-order valence-corrected chi connectivity index (χ2v) is 6.37. The van der Waals surface area contributed by atoms with Gasteiger partial charge in [-0.3, -0.25) is 4.79 Å². The van der Waals surface area contributed by atoms with Crippen LogP contribution in [0.3, 0.4) is 0 Å². The lowest BCUT2D eigenvalue weighted by atomic mass is 9.94.